The largest absolute Gasteiger partial charge is 0.383 e. The van der Waals surface area contributed by atoms with E-state index in [2.05, 4.69) is 32.6 Å². The fourth-order valence-electron chi connectivity index (χ4n) is 1.91. The summed E-state index contributed by atoms with van der Waals surface area (Å²) in [7, 11) is 0. The van der Waals surface area contributed by atoms with Gasteiger partial charge in [0.15, 0.2) is 0 Å². The molecule has 0 spiro atoms. The van der Waals surface area contributed by atoms with Crippen LogP contribution in [-0.4, -0.2) is 21.5 Å². The van der Waals surface area contributed by atoms with Crippen LogP contribution in [-0.2, 0) is 12.8 Å². The standard InChI is InChI=1S/C13H19N5S/c1-3-4-11-12(14)16-8-17-13(11)15-6-5-10-7-19-9(2)18-10/h7-8H,3-6H2,1-2H3,(H3,14,15,16,17). The Morgan fingerprint density at radius 1 is 1.32 bits per heavy atom. The molecular formula is C13H19N5S. The van der Waals surface area contributed by atoms with Gasteiger partial charge in [-0.2, -0.15) is 0 Å². The molecule has 0 fully saturated rings. The van der Waals surface area contributed by atoms with Crippen LogP contribution < -0.4 is 11.1 Å². The summed E-state index contributed by atoms with van der Waals surface area (Å²) in [5.74, 6) is 1.42. The van der Waals surface area contributed by atoms with Gasteiger partial charge in [0.1, 0.15) is 18.0 Å². The van der Waals surface area contributed by atoms with Gasteiger partial charge in [-0.05, 0) is 13.3 Å². The lowest BCUT2D eigenvalue weighted by molar-refractivity contribution is 0.894. The summed E-state index contributed by atoms with van der Waals surface area (Å²) >= 11 is 1.68. The van der Waals surface area contributed by atoms with Gasteiger partial charge in [0.2, 0.25) is 0 Å². The molecule has 0 atom stereocenters. The molecule has 6 heteroatoms. The van der Waals surface area contributed by atoms with Crippen LogP contribution in [0.4, 0.5) is 11.6 Å². The first-order chi connectivity index (χ1) is 9.20. The highest BCUT2D eigenvalue weighted by Crippen LogP contribution is 2.19. The zero-order valence-corrected chi connectivity index (χ0v) is 12.1. The summed E-state index contributed by atoms with van der Waals surface area (Å²) in [6.45, 7) is 4.94. The number of hydrogen-bond donors (Lipinski definition) is 2. The molecule has 5 nitrogen and oxygen atoms in total. The Balaban J connectivity index is 1.97. The molecule has 0 unspecified atom stereocenters. The molecule has 0 aliphatic heterocycles. The van der Waals surface area contributed by atoms with Crippen molar-refractivity contribution in [3.63, 3.8) is 0 Å². The lowest BCUT2D eigenvalue weighted by atomic mass is 10.1. The van der Waals surface area contributed by atoms with Crippen molar-refractivity contribution in [2.24, 2.45) is 0 Å². The third-order valence-corrected chi connectivity index (χ3v) is 3.64. The highest BCUT2D eigenvalue weighted by molar-refractivity contribution is 7.09. The lowest BCUT2D eigenvalue weighted by Crippen LogP contribution is -2.11. The molecule has 19 heavy (non-hydrogen) atoms. The first-order valence-electron chi connectivity index (χ1n) is 6.45. The Morgan fingerprint density at radius 3 is 2.84 bits per heavy atom. The molecule has 2 aromatic rings. The third kappa shape index (κ3) is 3.64. The Hall–Kier alpha value is -1.69. The number of nitrogens with one attached hydrogen (secondary N) is 1. The van der Waals surface area contributed by atoms with E-state index in [1.54, 1.807) is 11.3 Å². The number of aryl methyl sites for hydroxylation is 1. The zero-order chi connectivity index (χ0) is 13.7. The Labute approximate surface area is 117 Å². The van der Waals surface area contributed by atoms with E-state index >= 15 is 0 Å². The van der Waals surface area contributed by atoms with Gasteiger partial charge >= 0.3 is 0 Å². The molecule has 0 bridgehead atoms. The van der Waals surface area contributed by atoms with E-state index in [0.717, 1.165) is 47.9 Å². The van der Waals surface area contributed by atoms with Crippen molar-refractivity contribution in [2.45, 2.75) is 33.1 Å². The van der Waals surface area contributed by atoms with E-state index in [4.69, 9.17) is 5.73 Å². The Kier molecular flexibility index (Phi) is 4.68. The van der Waals surface area contributed by atoms with Crippen LogP contribution in [0.25, 0.3) is 0 Å². The molecule has 2 aromatic heterocycles. The van der Waals surface area contributed by atoms with E-state index < -0.39 is 0 Å². The number of aromatic nitrogens is 3. The van der Waals surface area contributed by atoms with Gasteiger partial charge < -0.3 is 11.1 Å². The lowest BCUT2D eigenvalue weighted by Gasteiger charge is -2.11. The van der Waals surface area contributed by atoms with Crippen molar-refractivity contribution in [3.05, 3.63) is 28.0 Å². The fourth-order valence-corrected chi connectivity index (χ4v) is 2.55. The molecular weight excluding hydrogens is 258 g/mol. The number of nitrogens with zero attached hydrogens (tertiary/aromatic N) is 3. The van der Waals surface area contributed by atoms with Crippen LogP contribution in [0.5, 0.6) is 0 Å². The number of rotatable bonds is 6. The molecule has 102 valence electrons. The molecule has 0 radical (unpaired) electrons. The van der Waals surface area contributed by atoms with Gasteiger partial charge in [-0.15, -0.1) is 11.3 Å². The summed E-state index contributed by atoms with van der Waals surface area (Å²) < 4.78 is 0. The smallest absolute Gasteiger partial charge is 0.134 e. The van der Waals surface area contributed by atoms with Crippen molar-refractivity contribution in [2.75, 3.05) is 17.6 Å². The molecule has 0 aliphatic carbocycles. The molecule has 0 aromatic carbocycles. The summed E-state index contributed by atoms with van der Waals surface area (Å²) in [5.41, 5.74) is 8.02. The maximum absolute atomic E-state index is 5.89. The second-order valence-corrected chi connectivity index (χ2v) is 5.43. The van der Waals surface area contributed by atoms with E-state index in [1.165, 1.54) is 6.33 Å². The third-order valence-electron chi connectivity index (χ3n) is 2.82. The van der Waals surface area contributed by atoms with Gasteiger partial charge in [0, 0.05) is 23.9 Å². The number of thiazole rings is 1. The van der Waals surface area contributed by atoms with Crippen molar-refractivity contribution >= 4 is 23.0 Å². The first kappa shape index (κ1) is 13.7. The van der Waals surface area contributed by atoms with Crippen LogP contribution >= 0.6 is 11.3 Å². The second-order valence-electron chi connectivity index (χ2n) is 4.37. The average Bonchev–Trinajstić information content (AvgIpc) is 2.79. The molecule has 0 saturated heterocycles. The SMILES string of the molecule is CCCc1c(N)ncnc1NCCc1csc(C)n1. The summed E-state index contributed by atoms with van der Waals surface area (Å²) in [6, 6.07) is 0. The van der Waals surface area contributed by atoms with E-state index in [9.17, 15) is 0 Å². The van der Waals surface area contributed by atoms with Gasteiger partial charge in [-0.3, -0.25) is 0 Å². The summed E-state index contributed by atoms with van der Waals surface area (Å²) in [4.78, 5) is 12.8. The maximum atomic E-state index is 5.89. The molecule has 2 rings (SSSR count). The van der Waals surface area contributed by atoms with Gasteiger partial charge in [-0.1, -0.05) is 13.3 Å². The van der Waals surface area contributed by atoms with Crippen molar-refractivity contribution in [1.82, 2.24) is 15.0 Å². The molecule has 2 heterocycles. The predicted octanol–water partition coefficient (Wildman–Crippen LogP) is 2.43. The average molecular weight is 277 g/mol. The summed E-state index contributed by atoms with van der Waals surface area (Å²) in [6.07, 6.45) is 4.31. The molecule has 0 saturated carbocycles. The monoisotopic (exact) mass is 277 g/mol. The second kappa shape index (κ2) is 6.47. The van der Waals surface area contributed by atoms with Crippen LogP contribution in [0.15, 0.2) is 11.7 Å². The summed E-state index contributed by atoms with van der Waals surface area (Å²) in [5, 5.41) is 6.53. The van der Waals surface area contributed by atoms with Gasteiger partial charge in [-0.25, -0.2) is 15.0 Å². The van der Waals surface area contributed by atoms with Crippen LogP contribution in [0, 0.1) is 6.92 Å². The zero-order valence-electron chi connectivity index (χ0n) is 11.3. The van der Waals surface area contributed by atoms with Crippen molar-refractivity contribution in [1.29, 1.82) is 0 Å². The minimum atomic E-state index is 0.573. The molecule has 0 amide bonds. The topological polar surface area (TPSA) is 76.7 Å². The normalized spacial score (nSPS) is 10.6. The minimum Gasteiger partial charge on any atom is -0.383 e. The quantitative estimate of drug-likeness (QED) is 0.848. The Morgan fingerprint density at radius 2 is 2.16 bits per heavy atom. The van der Waals surface area contributed by atoms with Gasteiger partial charge in [0.05, 0.1) is 10.7 Å². The van der Waals surface area contributed by atoms with Gasteiger partial charge in [0.25, 0.3) is 0 Å². The number of anilines is 2. The van der Waals surface area contributed by atoms with Crippen LogP contribution in [0.1, 0.15) is 29.6 Å². The fraction of sp³-hybridized carbons (Fsp3) is 0.462. The Bertz CT molecular complexity index is 538. The molecule has 3 N–H and O–H groups in total. The highest BCUT2D eigenvalue weighted by atomic mass is 32.1. The van der Waals surface area contributed by atoms with E-state index in [-0.39, 0.29) is 0 Å². The minimum absolute atomic E-state index is 0.573. The maximum Gasteiger partial charge on any atom is 0.134 e. The van der Waals surface area contributed by atoms with Crippen molar-refractivity contribution < 1.29 is 0 Å². The van der Waals surface area contributed by atoms with Crippen LogP contribution in [0.3, 0.4) is 0 Å². The predicted molar refractivity (Wildman–Crippen MR) is 79.5 cm³/mol. The number of nitrogen functional groups attached to an aromatic ring is 1. The number of hydrogen-bond acceptors (Lipinski definition) is 6. The van der Waals surface area contributed by atoms with Crippen molar-refractivity contribution in [3.8, 4) is 0 Å². The highest BCUT2D eigenvalue weighted by Gasteiger charge is 2.08. The first-order valence-corrected chi connectivity index (χ1v) is 7.33. The van der Waals surface area contributed by atoms with E-state index in [0.29, 0.717) is 5.82 Å². The van der Waals surface area contributed by atoms with Crippen LogP contribution in [0.2, 0.25) is 0 Å². The van der Waals surface area contributed by atoms with E-state index in [1.807, 2.05) is 6.92 Å². The number of nitrogens with two attached hydrogens (primary N) is 1. The molecule has 0 aliphatic rings.